The molecule has 32 heavy (non-hydrogen) atoms. The van der Waals surface area contributed by atoms with E-state index >= 15 is 4.39 Å². The molecule has 0 aromatic heterocycles. The van der Waals surface area contributed by atoms with Gasteiger partial charge in [0.2, 0.25) is 0 Å². The summed E-state index contributed by atoms with van der Waals surface area (Å²) in [5.74, 6) is -0.111. The zero-order valence-corrected chi connectivity index (χ0v) is 20.2. The molecular weight excluding hydrogens is 407 g/mol. The highest BCUT2D eigenvalue weighted by Crippen LogP contribution is 2.68. The van der Waals surface area contributed by atoms with E-state index in [1.807, 2.05) is 6.92 Å². The molecule has 0 saturated heterocycles. The third-order valence-corrected chi connectivity index (χ3v) is 9.82. The minimum atomic E-state index is -1.21. The summed E-state index contributed by atoms with van der Waals surface area (Å²) < 4.78 is 22.2. The lowest BCUT2D eigenvalue weighted by atomic mass is 9.45. The summed E-state index contributed by atoms with van der Waals surface area (Å²) in [6.07, 6.45) is 8.16. The van der Waals surface area contributed by atoms with Crippen LogP contribution in [0.15, 0.2) is 11.6 Å². The fraction of sp³-hybridized carbons (Fsp3) is 0.815. The highest BCUT2D eigenvalue weighted by atomic mass is 19.1. The lowest BCUT2D eigenvalue weighted by Gasteiger charge is -2.60. The van der Waals surface area contributed by atoms with Gasteiger partial charge in [0.15, 0.2) is 17.2 Å². The summed E-state index contributed by atoms with van der Waals surface area (Å²) in [5, 5.41) is 0. The van der Waals surface area contributed by atoms with E-state index in [1.54, 1.807) is 6.08 Å². The molecule has 0 bridgehead atoms. The third-order valence-electron chi connectivity index (χ3n) is 9.82. The van der Waals surface area contributed by atoms with Crippen LogP contribution in [0.3, 0.4) is 0 Å². The summed E-state index contributed by atoms with van der Waals surface area (Å²) in [5.41, 5.74) is -1.05. The maximum Gasteiger partial charge on any atom is 0.306 e. The molecule has 4 aliphatic carbocycles. The Balaban J connectivity index is 1.64. The van der Waals surface area contributed by atoms with Crippen LogP contribution in [-0.4, -0.2) is 29.3 Å². The van der Waals surface area contributed by atoms with E-state index in [0.29, 0.717) is 25.7 Å². The zero-order chi connectivity index (χ0) is 23.3. The molecule has 0 aliphatic heterocycles. The number of hydrogen-bond donors (Lipinski definition) is 0. The maximum atomic E-state index is 16.1. The Kier molecular flexibility index (Phi) is 6.17. The fourth-order valence-corrected chi connectivity index (χ4v) is 8.19. The molecule has 3 saturated carbocycles. The van der Waals surface area contributed by atoms with Gasteiger partial charge in [0.25, 0.3) is 0 Å². The molecule has 0 N–H and O–H groups in total. The van der Waals surface area contributed by atoms with Gasteiger partial charge in [-0.05, 0) is 75.2 Å². The van der Waals surface area contributed by atoms with Crippen molar-refractivity contribution < 1.29 is 23.5 Å². The largest absolute Gasteiger partial charge is 0.450 e. The molecule has 0 aromatic rings. The summed E-state index contributed by atoms with van der Waals surface area (Å²) in [4.78, 5) is 37.8. The number of fused-ring (bicyclic) bond motifs is 5. The number of allylic oxidation sites excluding steroid dienone is 1. The molecule has 0 unspecified atom stereocenters. The van der Waals surface area contributed by atoms with Gasteiger partial charge in [-0.25, -0.2) is 4.39 Å². The van der Waals surface area contributed by atoms with Crippen LogP contribution in [0.25, 0.3) is 0 Å². The number of alkyl halides is 1. The number of rotatable bonds is 6. The molecule has 0 aromatic carbocycles. The van der Waals surface area contributed by atoms with Gasteiger partial charge >= 0.3 is 5.97 Å². The number of esters is 1. The van der Waals surface area contributed by atoms with Gasteiger partial charge in [-0.1, -0.05) is 39.2 Å². The van der Waals surface area contributed by atoms with Gasteiger partial charge < -0.3 is 4.74 Å². The number of halogens is 1. The first kappa shape index (κ1) is 23.6. The fourth-order valence-electron chi connectivity index (χ4n) is 8.19. The Labute approximate surface area is 191 Å². The van der Waals surface area contributed by atoms with E-state index in [2.05, 4.69) is 13.8 Å². The number of ketones is 2. The predicted octanol–water partition coefficient (Wildman–Crippen LogP) is 5.92. The standard InChI is InChI=1S/C27H39FO4/c1-5-6-7-8-23(31)32-27(17(2)29)14-12-21-20-10-9-18-15-19(30)11-13-25(18,3)24(20)22(28)16-26(21,27)4/h15,20-22,24H,5-14,16H2,1-4H3/t20-,21-,22-,24+,25-,26-,27-/m0/s1. The number of carbonyl (C=O) groups is 3. The molecule has 0 heterocycles. The quantitative estimate of drug-likeness (QED) is 0.375. The normalized spacial score (nSPS) is 43.0. The van der Waals surface area contributed by atoms with Crippen molar-refractivity contribution in [3.8, 4) is 0 Å². The van der Waals surface area contributed by atoms with Crippen molar-refractivity contribution in [1.29, 1.82) is 0 Å². The molecular formula is C27H39FO4. The van der Waals surface area contributed by atoms with Gasteiger partial charge in [0.05, 0.1) is 0 Å². The van der Waals surface area contributed by atoms with Gasteiger partial charge in [-0.15, -0.1) is 0 Å². The van der Waals surface area contributed by atoms with E-state index in [1.165, 1.54) is 6.92 Å². The van der Waals surface area contributed by atoms with Crippen molar-refractivity contribution >= 4 is 17.5 Å². The summed E-state index contributed by atoms with van der Waals surface area (Å²) >= 11 is 0. The molecule has 4 aliphatic rings. The topological polar surface area (TPSA) is 60.4 Å². The lowest BCUT2D eigenvalue weighted by molar-refractivity contribution is -0.195. The highest BCUT2D eigenvalue weighted by molar-refractivity contribution is 5.92. The second kappa shape index (κ2) is 8.36. The highest BCUT2D eigenvalue weighted by Gasteiger charge is 2.70. The van der Waals surface area contributed by atoms with Crippen molar-refractivity contribution in [2.45, 2.75) is 110 Å². The Morgan fingerprint density at radius 3 is 2.59 bits per heavy atom. The molecule has 4 rings (SSSR count). The molecule has 4 nitrogen and oxygen atoms in total. The van der Waals surface area contributed by atoms with Crippen LogP contribution in [0.1, 0.15) is 98.3 Å². The Morgan fingerprint density at radius 1 is 1.16 bits per heavy atom. The van der Waals surface area contributed by atoms with Gasteiger partial charge in [-0.2, -0.15) is 0 Å². The van der Waals surface area contributed by atoms with Gasteiger partial charge in [0.1, 0.15) is 6.17 Å². The Morgan fingerprint density at radius 2 is 1.91 bits per heavy atom. The Bertz CT molecular complexity index is 834. The van der Waals surface area contributed by atoms with Gasteiger partial charge in [-0.3, -0.25) is 14.4 Å². The molecule has 0 radical (unpaired) electrons. The van der Waals surface area contributed by atoms with Crippen molar-refractivity contribution in [3.05, 3.63) is 11.6 Å². The van der Waals surface area contributed by atoms with Crippen LogP contribution in [0.4, 0.5) is 4.39 Å². The van der Waals surface area contributed by atoms with Crippen molar-refractivity contribution in [3.63, 3.8) is 0 Å². The monoisotopic (exact) mass is 446 g/mol. The van der Waals surface area contributed by atoms with E-state index in [0.717, 1.165) is 44.1 Å². The SMILES string of the molecule is CCCCCC(=O)O[C@]1(C(C)=O)CC[C@H]2[C@@H]3CCC4=CC(=O)CC[C@]4(C)[C@H]3[C@@H](F)C[C@@]21C. The molecule has 0 spiro atoms. The third kappa shape index (κ3) is 3.40. The maximum absolute atomic E-state index is 16.1. The van der Waals surface area contributed by atoms with Crippen LogP contribution in [0.2, 0.25) is 0 Å². The smallest absolute Gasteiger partial charge is 0.306 e. The average Bonchev–Trinajstić information content (AvgIpc) is 3.01. The Hall–Kier alpha value is -1.52. The van der Waals surface area contributed by atoms with Gasteiger partial charge in [0, 0.05) is 24.2 Å². The molecule has 0 amide bonds. The second-order valence-corrected chi connectivity index (χ2v) is 11.4. The first-order valence-corrected chi connectivity index (χ1v) is 12.7. The molecule has 3 fully saturated rings. The number of ether oxygens (including phenoxy) is 1. The number of Topliss-reactive ketones (excluding diaryl/α,β-unsaturated/α-hetero) is 1. The van der Waals surface area contributed by atoms with Crippen LogP contribution < -0.4 is 0 Å². The first-order chi connectivity index (χ1) is 15.1. The minimum Gasteiger partial charge on any atom is -0.450 e. The molecule has 7 atom stereocenters. The first-order valence-electron chi connectivity index (χ1n) is 12.7. The zero-order valence-electron chi connectivity index (χ0n) is 20.2. The number of unbranched alkanes of at least 4 members (excludes halogenated alkanes) is 2. The minimum absolute atomic E-state index is 0.128. The van der Waals surface area contributed by atoms with Crippen molar-refractivity contribution in [2.75, 3.05) is 0 Å². The average molecular weight is 447 g/mol. The second-order valence-electron chi connectivity index (χ2n) is 11.4. The summed E-state index contributed by atoms with van der Waals surface area (Å²) in [6.45, 7) is 7.75. The van der Waals surface area contributed by atoms with E-state index < -0.39 is 17.2 Å². The predicted molar refractivity (Wildman–Crippen MR) is 121 cm³/mol. The molecule has 5 heteroatoms. The summed E-state index contributed by atoms with van der Waals surface area (Å²) in [7, 11) is 0. The number of hydrogen-bond acceptors (Lipinski definition) is 4. The van der Waals surface area contributed by atoms with Crippen LogP contribution in [0.5, 0.6) is 0 Å². The van der Waals surface area contributed by atoms with E-state index in [9.17, 15) is 14.4 Å². The molecule has 178 valence electrons. The van der Waals surface area contributed by atoms with Crippen molar-refractivity contribution in [2.24, 2.45) is 28.6 Å². The van der Waals surface area contributed by atoms with E-state index in [-0.39, 0.29) is 47.1 Å². The summed E-state index contributed by atoms with van der Waals surface area (Å²) in [6, 6.07) is 0. The number of carbonyl (C=O) groups excluding carboxylic acids is 3. The van der Waals surface area contributed by atoms with Crippen LogP contribution in [-0.2, 0) is 19.1 Å². The van der Waals surface area contributed by atoms with Crippen LogP contribution >= 0.6 is 0 Å². The van der Waals surface area contributed by atoms with E-state index in [4.69, 9.17) is 4.74 Å². The van der Waals surface area contributed by atoms with Crippen LogP contribution in [0, 0.1) is 28.6 Å². The van der Waals surface area contributed by atoms with Crippen molar-refractivity contribution in [1.82, 2.24) is 0 Å². The lowest BCUT2D eigenvalue weighted by Crippen LogP contribution is -2.61.